The number of allylic oxidation sites excluding steroid dienone is 1. The number of carbonyl (C=O) groups is 6. The lowest BCUT2D eigenvalue weighted by atomic mass is 9.45. The quantitative estimate of drug-likeness (QED) is 0.138. The van der Waals surface area contributed by atoms with E-state index in [0.717, 1.165) is 33.1 Å². The number of esters is 4. The summed E-state index contributed by atoms with van der Waals surface area (Å²) in [6.45, 7) is 14.2. The molecule has 6 rings (SSSR count). The van der Waals surface area contributed by atoms with Crippen molar-refractivity contribution in [1.29, 1.82) is 0 Å². The van der Waals surface area contributed by atoms with Gasteiger partial charge in [-0.2, -0.15) is 0 Å². The van der Waals surface area contributed by atoms with Crippen LogP contribution in [0.15, 0.2) is 41.7 Å². The van der Waals surface area contributed by atoms with Crippen molar-refractivity contribution in [1.82, 2.24) is 5.32 Å². The highest BCUT2D eigenvalue weighted by molar-refractivity contribution is 6.76. The summed E-state index contributed by atoms with van der Waals surface area (Å²) in [5.41, 5.74) is -7.71. The van der Waals surface area contributed by atoms with Gasteiger partial charge in [-0.3, -0.25) is 14.4 Å². The minimum atomic E-state index is -2.36. The molecule has 0 spiro atoms. The number of ether oxygens (including phenoxy) is 6. The zero-order chi connectivity index (χ0) is 45.7. The highest BCUT2D eigenvalue weighted by atomic mass is 28.3. The normalized spacial score (nSPS) is 34.0. The average molecular weight is 886 g/mol. The van der Waals surface area contributed by atoms with Crippen LogP contribution in [0.2, 0.25) is 19.6 Å². The molecule has 16 nitrogen and oxygen atoms in total. The van der Waals surface area contributed by atoms with E-state index >= 15 is 4.79 Å². The van der Waals surface area contributed by atoms with E-state index in [4.69, 9.17) is 28.4 Å². The first-order valence-corrected chi connectivity index (χ1v) is 25.4. The van der Waals surface area contributed by atoms with Crippen LogP contribution in [0.3, 0.4) is 0 Å². The molecule has 1 aromatic rings. The van der Waals surface area contributed by atoms with Crippen molar-refractivity contribution in [3.63, 3.8) is 0 Å². The molecular weight excluding hydrogens is 823 g/mol. The monoisotopic (exact) mass is 885 g/mol. The van der Waals surface area contributed by atoms with Crippen LogP contribution in [0, 0.1) is 28.6 Å². The molecule has 4 N–H and O–H groups in total. The maximum atomic E-state index is 15.5. The van der Waals surface area contributed by atoms with Crippen molar-refractivity contribution in [2.45, 2.75) is 154 Å². The van der Waals surface area contributed by atoms with Gasteiger partial charge >= 0.3 is 30.0 Å². The fourth-order valence-corrected chi connectivity index (χ4v) is 11.4. The molecule has 62 heavy (non-hydrogen) atoms. The van der Waals surface area contributed by atoms with E-state index in [0.29, 0.717) is 12.8 Å². The molecule has 9 unspecified atom stereocenters. The van der Waals surface area contributed by atoms with E-state index < -0.39 is 126 Å². The number of benzene rings is 1. The Morgan fingerprint density at radius 2 is 1.61 bits per heavy atom. The smallest absolute Gasteiger partial charge is 0.407 e. The number of aliphatic hydroxyl groups is 3. The Hall–Kier alpha value is -4.16. The molecule has 1 aromatic carbocycles. The van der Waals surface area contributed by atoms with Gasteiger partial charge in [-0.15, -0.1) is 0 Å². The Kier molecular flexibility index (Phi) is 13.3. The number of rotatable bonds is 11. The molecule has 0 radical (unpaired) electrons. The van der Waals surface area contributed by atoms with Gasteiger partial charge in [0.1, 0.15) is 23.9 Å². The fraction of sp³-hybridized carbons (Fsp3) is 0.689. The maximum Gasteiger partial charge on any atom is 0.407 e. The molecule has 5 aliphatic rings. The number of aliphatic hydroxyl groups excluding tert-OH is 2. The Morgan fingerprint density at radius 1 is 0.968 bits per heavy atom. The molecule has 342 valence electrons. The van der Waals surface area contributed by atoms with Crippen LogP contribution in [0.4, 0.5) is 4.79 Å². The average Bonchev–Trinajstić information content (AvgIpc) is 3.20. The zero-order valence-corrected chi connectivity index (χ0v) is 38.2. The summed E-state index contributed by atoms with van der Waals surface area (Å²) in [7, 11) is -1.83. The van der Waals surface area contributed by atoms with E-state index in [2.05, 4.69) is 5.32 Å². The second-order valence-corrected chi connectivity index (χ2v) is 25.3. The first-order chi connectivity index (χ1) is 28.9. The minimum Gasteiger partial charge on any atom is -0.460 e. The Labute approximate surface area is 363 Å². The van der Waals surface area contributed by atoms with Gasteiger partial charge < -0.3 is 49.1 Å². The topological polar surface area (TPSA) is 231 Å². The van der Waals surface area contributed by atoms with Gasteiger partial charge in [0.25, 0.3) is 0 Å². The van der Waals surface area contributed by atoms with Crippen molar-refractivity contribution in [2.75, 3.05) is 12.8 Å². The summed E-state index contributed by atoms with van der Waals surface area (Å²) >= 11 is 0. The van der Waals surface area contributed by atoms with Crippen LogP contribution in [0.25, 0.3) is 0 Å². The molecule has 11 atom stereocenters. The van der Waals surface area contributed by atoms with Gasteiger partial charge in [-0.25, -0.2) is 14.4 Å². The van der Waals surface area contributed by atoms with Crippen molar-refractivity contribution in [3.05, 3.63) is 47.2 Å². The van der Waals surface area contributed by atoms with Crippen LogP contribution in [-0.4, -0.2) is 120 Å². The molecule has 1 saturated heterocycles. The molecule has 1 heterocycles. The van der Waals surface area contributed by atoms with Gasteiger partial charge in [0.05, 0.1) is 50.0 Å². The minimum absolute atomic E-state index is 0.0248. The van der Waals surface area contributed by atoms with E-state index in [1.165, 1.54) is 19.1 Å². The number of alkyl carbamates (subject to hydrolysis) is 1. The van der Waals surface area contributed by atoms with Crippen LogP contribution in [-0.2, 0) is 47.6 Å². The third kappa shape index (κ3) is 8.47. The molecule has 4 fully saturated rings. The van der Waals surface area contributed by atoms with Gasteiger partial charge in [-0.1, -0.05) is 77.9 Å². The van der Waals surface area contributed by atoms with Crippen LogP contribution >= 0.6 is 0 Å². The number of hydrogen-bond acceptors (Lipinski definition) is 15. The van der Waals surface area contributed by atoms with Gasteiger partial charge in [0, 0.05) is 38.0 Å². The largest absolute Gasteiger partial charge is 0.460 e. The summed E-state index contributed by atoms with van der Waals surface area (Å²) in [6, 6.07) is 6.80. The SMILES string of the molecule is CC(=O)OC1=C2C(C)C(OC(=O)C(O)C(NC(=O)OC[Si](C)(C)C)C3CCCCC3)CC(O)(C(OC(=O)c3ccccc3)C3[C@]4(OC(C)=O)COC4CC(O)[C@@]3(C)C1=O)C2(C)C. The van der Waals surface area contributed by atoms with Crippen LogP contribution in [0.5, 0.6) is 0 Å². The Balaban J connectivity index is 1.50. The number of ketones is 1. The number of nitrogens with one attached hydrogen (secondary N) is 1. The molecule has 2 bridgehead atoms. The highest BCUT2D eigenvalue weighted by Gasteiger charge is 2.78. The van der Waals surface area contributed by atoms with Crippen molar-refractivity contribution in [2.24, 2.45) is 28.6 Å². The molecule has 4 aliphatic carbocycles. The summed E-state index contributed by atoms with van der Waals surface area (Å²) < 4.78 is 35.8. The Morgan fingerprint density at radius 3 is 2.18 bits per heavy atom. The van der Waals surface area contributed by atoms with Crippen molar-refractivity contribution in [3.8, 4) is 0 Å². The number of Topliss-reactive ketones (excluding diaryl/α,β-unsaturated/α-hetero) is 1. The molecular formula is C45H63NO15Si. The molecule has 1 aliphatic heterocycles. The maximum absolute atomic E-state index is 15.5. The van der Waals surface area contributed by atoms with E-state index in [1.807, 2.05) is 19.6 Å². The van der Waals surface area contributed by atoms with E-state index in [1.54, 1.807) is 39.0 Å². The standard InChI is InChI=1S/C45H63NO15Si/c1-24-29(59-40(53)34(50)33(27-16-12-10-13-17-27)46-41(54)57-23-62(7,8)9)21-45(55)38(60-39(52)28-18-14-11-15-19-28)36-43(6,30(49)20-31-44(36,22-56-31)61-26(3)48)37(51)35(58-25(2)47)32(24)42(45,4)5/h11,14-15,18-19,24,27,29-31,33-34,36,38,49-50,55H,10,12-13,16-17,20-23H2,1-9H3,(H,46,54)/t24?,29?,30?,31?,33?,34?,36?,38?,43-,44+,45?/m1/s1. The number of fused-ring (bicyclic) bond motifs is 5. The van der Waals surface area contributed by atoms with Crippen molar-refractivity contribution < 1.29 is 72.5 Å². The van der Waals surface area contributed by atoms with Gasteiger partial charge in [0.2, 0.25) is 5.78 Å². The van der Waals surface area contributed by atoms with E-state index in [-0.39, 0.29) is 36.3 Å². The third-order valence-corrected chi connectivity index (χ3v) is 15.1. The third-order valence-electron chi connectivity index (χ3n) is 14.1. The molecule has 1 amide bonds. The van der Waals surface area contributed by atoms with Gasteiger partial charge in [-0.05, 0) is 43.4 Å². The molecule has 0 aromatic heterocycles. The lowest BCUT2D eigenvalue weighted by Crippen LogP contribution is -2.81. The summed E-state index contributed by atoms with van der Waals surface area (Å²) in [5, 5.41) is 40.3. The van der Waals surface area contributed by atoms with Crippen LogP contribution < -0.4 is 5.32 Å². The lowest BCUT2D eigenvalue weighted by Gasteiger charge is -2.67. The summed E-state index contributed by atoms with van der Waals surface area (Å²) in [4.78, 5) is 83.2. The summed E-state index contributed by atoms with van der Waals surface area (Å²) in [6.07, 6.45) is -5.10. The number of amides is 1. The predicted molar refractivity (Wildman–Crippen MR) is 222 cm³/mol. The number of hydrogen-bond donors (Lipinski definition) is 4. The highest BCUT2D eigenvalue weighted by Crippen LogP contribution is 2.65. The van der Waals surface area contributed by atoms with Crippen LogP contribution in [0.1, 0.15) is 96.8 Å². The fourth-order valence-electron chi connectivity index (χ4n) is 10.8. The predicted octanol–water partition coefficient (Wildman–Crippen LogP) is 4.32. The Bertz CT molecular complexity index is 1960. The second kappa shape index (κ2) is 17.4. The first-order valence-electron chi connectivity index (χ1n) is 21.7. The lowest BCUT2D eigenvalue weighted by molar-refractivity contribution is -0.345. The first kappa shape index (κ1) is 47.3. The zero-order valence-electron chi connectivity index (χ0n) is 37.2. The number of carbonyl (C=O) groups excluding carboxylic acids is 6. The van der Waals surface area contributed by atoms with Crippen molar-refractivity contribution >= 4 is 43.8 Å². The van der Waals surface area contributed by atoms with E-state index in [9.17, 15) is 39.3 Å². The molecule has 3 saturated carbocycles. The second-order valence-electron chi connectivity index (χ2n) is 19.9. The van der Waals surface area contributed by atoms with Gasteiger partial charge in [0.15, 0.2) is 17.5 Å². The molecule has 17 heteroatoms. The summed E-state index contributed by atoms with van der Waals surface area (Å²) in [5.74, 6) is -7.99.